The highest BCUT2D eigenvalue weighted by Crippen LogP contribution is 2.19. The van der Waals surface area contributed by atoms with Crippen LogP contribution in [-0.4, -0.2) is 48.6 Å². The van der Waals surface area contributed by atoms with Crippen LogP contribution in [0.5, 0.6) is 0 Å². The van der Waals surface area contributed by atoms with Crippen molar-refractivity contribution in [1.29, 1.82) is 0 Å². The second-order valence-corrected chi connectivity index (χ2v) is 5.60. The molecule has 108 valence electrons. The zero-order chi connectivity index (χ0) is 13.9. The predicted molar refractivity (Wildman–Crippen MR) is 76.3 cm³/mol. The first-order valence-electron chi connectivity index (χ1n) is 7.30. The Hall–Kier alpha value is -1.69. The number of hydrogen-bond donors (Lipinski definition) is 0. The lowest BCUT2D eigenvalue weighted by Gasteiger charge is -2.24. The Balaban J connectivity index is 1.59. The maximum Gasteiger partial charge on any atom is 0.137 e. The minimum atomic E-state index is 0.594. The fourth-order valence-corrected chi connectivity index (χ4v) is 3.03. The molecule has 2 aromatic heterocycles. The largest absolute Gasteiger partial charge is 0.297 e. The zero-order valence-corrected chi connectivity index (χ0v) is 12.2. The van der Waals surface area contributed by atoms with Crippen molar-refractivity contribution in [2.75, 3.05) is 13.1 Å². The fraction of sp³-hybridized carbons (Fsp3) is 0.643. The molecule has 1 atom stereocenters. The van der Waals surface area contributed by atoms with Crippen LogP contribution in [0.15, 0.2) is 18.7 Å². The van der Waals surface area contributed by atoms with Gasteiger partial charge in [-0.2, -0.15) is 10.2 Å². The molecule has 0 amide bonds. The standard InChI is InChI=1S/C14H22N6/c1-12-8-13(2)20(17-12)9-14-4-3-5-18(14)6-7-19-11-15-10-16-19/h8,10-11,14H,3-7,9H2,1-2H3/t14-/m0/s1. The van der Waals surface area contributed by atoms with Crippen molar-refractivity contribution in [3.05, 3.63) is 30.1 Å². The first kappa shape index (κ1) is 13.3. The number of aryl methyl sites for hydroxylation is 2. The van der Waals surface area contributed by atoms with E-state index in [9.17, 15) is 0 Å². The highest BCUT2D eigenvalue weighted by Gasteiger charge is 2.25. The highest BCUT2D eigenvalue weighted by molar-refractivity contribution is 5.06. The molecule has 1 aliphatic rings. The number of aromatic nitrogens is 5. The van der Waals surface area contributed by atoms with E-state index in [0.29, 0.717) is 6.04 Å². The summed E-state index contributed by atoms with van der Waals surface area (Å²) in [5.41, 5.74) is 2.36. The number of likely N-dealkylation sites (tertiary alicyclic amines) is 1. The Morgan fingerprint density at radius 3 is 2.90 bits per heavy atom. The van der Waals surface area contributed by atoms with Crippen molar-refractivity contribution in [3.63, 3.8) is 0 Å². The topological polar surface area (TPSA) is 51.8 Å². The van der Waals surface area contributed by atoms with Crippen LogP contribution in [-0.2, 0) is 13.1 Å². The smallest absolute Gasteiger partial charge is 0.137 e. The normalized spacial score (nSPS) is 19.8. The molecule has 1 saturated heterocycles. The van der Waals surface area contributed by atoms with E-state index in [1.165, 1.54) is 25.1 Å². The summed E-state index contributed by atoms with van der Waals surface area (Å²) in [4.78, 5) is 6.54. The van der Waals surface area contributed by atoms with E-state index >= 15 is 0 Å². The van der Waals surface area contributed by atoms with Gasteiger partial charge in [-0.1, -0.05) is 0 Å². The molecule has 2 aromatic rings. The van der Waals surface area contributed by atoms with Crippen LogP contribution >= 0.6 is 0 Å². The van der Waals surface area contributed by atoms with E-state index in [2.05, 4.69) is 44.7 Å². The van der Waals surface area contributed by atoms with Gasteiger partial charge in [0.2, 0.25) is 0 Å². The first-order valence-corrected chi connectivity index (χ1v) is 7.30. The molecule has 20 heavy (non-hydrogen) atoms. The van der Waals surface area contributed by atoms with Crippen LogP contribution in [0.1, 0.15) is 24.2 Å². The van der Waals surface area contributed by atoms with Gasteiger partial charge in [0.05, 0.1) is 18.8 Å². The SMILES string of the molecule is Cc1cc(C)n(C[C@@H]2CCCN2CCn2cncn2)n1. The number of nitrogens with zero attached hydrogens (tertiary/aromatic N) is 6. The highest BCUT2D eigenvalue weighted by atomic mass is 15.3. The molecule has 0 saturated carbocycles. The maximum absolute atomic E-state index is 4.58. The van der Waals surface area contributed by atoms with Gasteiger partial charge in [-0.25, -0.2) is 4.98 Å². The van der Waals surface area contributed by atoms with Crippen molar-refractivity contribution in [3.8, 4) is 0 Å². The van der Waals surface area contributed by atoms with Crippen LogP contribution in [0, 0.1) is 13.8 Å². The van der Waals surface area contributed by atoms with E-state index < -0.39 is 0 Å². The Morgan fingerprint density at radius 1 is 1.30 bits per heavy atom. The van der Waals surface area contributed by atoms with Crippen LogP contribution in [0.2, 0.25) is 0 Å². The summed E-state index contributed by atoms with van der Waals surface area (Å²) < 4.78 is 4.05. The molecule has 0 aromatic carbocycles. The van der Waals surface area contributed by atoms with Gasteiger partial charge in [0, 0.05) is 18.3 Å². The average molecular weight is 274 g/mol. The van der Waals surface area contributed by atoms with E-state index in [1.807, 2.05) is 4.68 Å². The summed E-state index contributed by atoms with van der Waals surface area (Å²) >= 11 is 0. The Kier molecular flexibility index (Phi) is 3.82. The minimum absolute atomic E-state index is 0.594. The molecule has 0 bridgehead atoms. The molecule has 0 spiro atoms. The predicted octanol–water partition coefficient (Wildman–Crippen LogP) is 1.26. The molecule has 1 aliphatic heterocycles. The van der Waals surface area contributed by atoms with Gasteiger partial charge >= 0.3 is 0 Å². The molecular formula is C14H22N6. The third-order valence-corrected chi connectivity index (χ3v) is 4.07. The second kappa shape index (κ2) is 5.75. The molecule has 0 radical (unpaired) electrons. The summed E-state index contributed by atoms with van der Waals surface area (Å²) in [5, 5.41) is 8.75. The van der Waals surface area contributed by atoms with Gasteiger partial charge in [0.1, 0.15) is 12.7 Å². The molecule has 0 aliphatic carbocycles. The average Bonchev–Trinajstić information content (AvgIpc) is 3.11. The van der Waals surface area contributed by atoms with Gasteiger partial charge in [-0.3, -0.25) is 14.3 Å². The first-order chi connectivity index (χ1) is 9.72. The Labute approximate surface area is 119 Å². The van der Waals surface area contributed by atoms with Crippen LogP contribution in [0.3, 0.4) is 0 Å². The van der Waals surface area contributed by atoms with Gasteiger partial charge in [0.15, 0.2) is 0 Å². The van der Waals surface area contributed by atoms with E-state index in [0.717, 1.165) is 25.3 Å². The van der Waals surface area contributed by atoms with Crippen molar-refractivity contribution < 1.29 is 0 Å². The number of hydrogen-bond acceptors (Lipinski definition) is 4. The molecule has 0 unspecified atom stereocenters. The molecule has 3 rings (SSSR count). The molecule has 1 fully saturated rings. The summed E-state index contributed by atoms with van der Waals surface area (Å²) in [6, 6.07) is 2.74. The molecule has 6 nitrogen and oxygen atoms in total. The summed E-state index contributed by atoms with van der Waals surface area (Å²) in [6.07, 6.45) is 5.92. The summed E-state index contributed by atoms with van der Waals surface area (Å²) in [5.74, 6) is 0. The molecular weight excluding hydrogens is 252 g/mol. The molecule has 3 heterocycles. The Bertz CT molecular complexity index is 544. The van der Waals surface area contributed by atoms with E-state index in [-0.39, 0.29) is 0 Å². The van der Waals surface area contributed by atoms with Crippen molar-refractivity contribution in [2.45, 2.75) is 45.8 Å². The lowest BCUT2D eigenvalue weighted by Crippen LogP contribution is -2.36. The summed E-state index contributed by atoms with van der Waals surface area (Å²) in [6.45, 7) is 8.31. The van der Waals surface area contributed by atoms with Crippen LogP contribution in [0.25, 0.3) is 0 Å². The Morgan fingerprint density at radius 2 is 2.20 bits per heavy atom. The lowest BCUT2D eigenvalue weighted by atomic mass is 10.2. The zero-order valence-electron chi connectivity index (χ0n) is 12.2. The van der Waals surface area contributed by atoms with Crippen molar-refractivity contribution in [2.24, 2.45) is 0 Å². The molecule has 6 heteroatoms. The van der Waals surface area contributed by atoms with Gasteiger partial charge in [0.25, 0.3) is 0 Å². The second-order valence-electron chi connectivity index (χ2n) is 5.60. The van der Waals surface area contributed by atoms with E-state index in [4.69, 9.17) is 0 Å². The van der Waals surface area contributed by atoms with Crippen LogP contribution in [0.4, 0.5) is 0 Å². The monoisotopic (exact) mass is 274 g/mol. The van der Waals surface area contributed by atoms with Gasteiger partial charge < -0.3 is 0 Å². The minimum Gasteiger partial charge on any atom is -0.297 e. The van der Waals surface area contributed by atoms with Crippen molar-refractivity contribution in [1.82, 2.24) is 29.4 Å². The van der Waals surface area contributed by atoms with Gasteiger partial charge in [-0.05, 0) is 39.3 Å². The third-order valence-electron chi connectivity index (χ3n) is 4.07. The summed E-state index contributed by atoms with van der Waals surface area (Å²) in [7, 11) is 0. The quantitative estimate of drug-likeness (QED) is 0.823. The lowest BCUT2D eigenvalue weighted by molar-refractivity contribution is 0.215. The maximum atomic E-state index is 4.58. The third kappa shape index (κ3) is 2.90. The fourth-order valence-electron chi connectivity index (χ4n) is 3.03. The number of rotatable bonds is 5. The van der Waals surface area contributed by atoms with Gasteiger partial charge in [-0.15, -0.1) is 0 Å². The van der Waals surface area contributed by atoms with Crippen LogP contribution < -0.4 is 0 Å². The van der Waals surface area contributed by atoms with E-state index in [1.54, 1.807) is 12.7 Å². The van der Waals surface area contributed by atoms with Crippen molar-refractivity contribution >= 4 is 0 Å². The molecule has 0 N–H and O–H groups in total.